The number of nitrogens with one attached hydrogen (secondary N) is 2. The van der Waals surface area contributed by atoms with E-state index in [9.17, 15) is 19.8 Å². The van der Waals surface area contributed by atoms with Gasteiger partial charge in [-0.2, -0.15) is 0 Å². The monoisotopic (exact) mass is 1280 g/mol. The van der Waals surface area contributed by atoms with Gasteiger partial charge in [-0.05, 0) is 207 Å². The fourth-order valence-electron chi connectivity index (χ4n) is 18.2. The smallest absolute Gasteiger partial charge is 0.870 e. The summed E-state index contributed by atoms with van der Waals surface area (Å²) in [6, 6.07) is 19.1. The van der Waals surface area contributed by atoms with Crippen molar-refractivity contribution in [3.05, 3.63) is 95.3 Å². The number of aliphatic hydroxyl groups excluding tert-OH is 1. The molecular formula is C72H106ClN9NaO8-. The third kappa shape index (κ3) is 15.2. The van der Waals surface area contributed by atoms with Crippen LogP contribution in [-0.2, 0) is 28.8 Å². The molecule has 12 heterocycles. The van der Waals surface area contributed by atoms with Gasteiger partial charge in [0.25, 0.3) is 0 Å². The zero-order valence-corrected chi connectivity index (χ0v) is 59.4. The summed E-state index contributed by atoms with van der Waals surface area (Å²) in [6.45, 7) is 22.3. The van der Waals surface area contributed by atoms with Crippen LogP contribution >= 0.6 is 12.4 Å². The number of aromatic nitrogens is 3. The quantitative estimate of drug-likeness (QED) is 0.0380. The molecule has 91 heavy (non-hydrogen) atoms. The molecule has 6 saturated heterocycles. The van der Waals surface area contributed by atoms with E-state index in [1.807, 2.05) is 98.0 Å². The number of aromatic amines is 2. The number of nitrogens with zero attached hydrogens (tertiary/aromatic N) is 7. The first kappa shape index (κ1) is 72.6. The van der Waals surface area contributed by atoms with Gasteiger partial charge >= 0.3 is 41.6 Å². The van der Waals surface area contributed by atoms with Gasteiger partial charge in [0, 0.05) is 139 Å². The van der Waals surface area contributed by atoms with Gasteiger partial charge in [0.1, 0.15) is 23.9 Å². The minimum atomic E-state index is -0.281. The molecule has 496 valence electrons. The summed E-state index contributed by atoms with van der Waals surface area (Å²) in [5.74, 6) is 7.54. The van der Waals surface area contributed by atoms with Crippen LogP contribution in [0.2, 0.25) is 0 Å². The Morgan fingerprint density at radius 3 is 1.49 bits per heavy atom. The molecule has 12 aliphatic rings. The van der Waals surface area contributed by atoms with E-state index in [-0.39, 0.29) is 71.9 Å². The summed E-state index contributed by atoms with van der Waals surface area (Å²) in [5, 5.41) is 31.7. The predicted octanol–water partition coefficient (Wildman–Crippen LogP) is 8.31. The van der Waals surface area contributed by atoms with Gasteiger partial charge in [-0.3, -0.25) is 19.5 Å². The number of hydrogen-bond donors (Lipinski definition) is 5. The Morgan fingerprint density at radius 1 is 0.604 bits per heavy atom. The number of carbonyl (C=O) groups is 2. The van der Waals surface area contributed by atoms with Crippen LogP contribution in [0.15, 0.2) is 54.6 Å². The van der Waals surface area contributed by atoms with Crippen LogP contribution in [0.5, 0.6) is 17.2 Å². The topological polar surface area (TPSA) is 199 Å². The Morgan fingerprint density at radius 2 is 1.04 bits per heavy atom. The summed E-state index contributed by atoms with van der Waals surface area (Å²) < 4.78 is 12.9. The Labute approximate surface area is 569 Å². The molecule has 17 nitrogen and oxygen atoms in total. The van der Waals surface area contributed by atoms with Gasteiger partial charge < -0.3 is 61.9 Å². The van der Waals surface area contributed by atoms with Gasteiger partial charge in [0.2, 0.25) is 0 Å². The number of hydrogen-bond acceptors (Lipinski definition) is 14. The van der Waals surface area contributed by atoms with Crippen LogP contribution in [-0.4, -0.2) is 209 Å². The molecule has 12 bridgehead atoms. The molecule has 3 saturated carbocycles. The molecule has 6 N–H and O–H groups in total. The number of phenols is 2. The minimum absolute atomic E-state index is 0. The second-order valence-electron chi connectivity index (χ2n) is 28.3. The van der Waals surface area contributed by atoms with Crippen molar-refractivity contribution in [2.45, 2.75) is 141 Å². The first-order valence-corrected chi connectivity index (χ1v) is 33.7. The molecular weight excluding hydrogens is 1180 g/mol. The molecule has 6 aromatic rings. The molecule has 18 rings (SSSR count). The summed E-state index contributed by atoms with van der Waals surface area (Å²) in [7, 11) is 11.8. The summed E-state index contributed by atoms with van der Waals surface area (Å²) in [5.41, 5.74) is 11.5. The molecule has 19 heteroatoms. The van der Waals surface area contributed by atoms with Crippen LogP contribution in [0.3, 0.4) is 0 Å². The number of piperidine rings is 6. The van der Waals surface area contributed by atoms with Crippen molar-refractivity contribution in [2.75, 3.05) is 114 Å². The average Bonchev–Trinajstić information content (AvgIpc) is 1.62. The van der Waals surface area contributed by atoms with Crippen molar-refractivity contribution >= 4 is 57.2 Å². The molecule has 3 aliphatic carbocycles. The van der Waals surface area contributed by atoms with Crippen molar-refractivity contribution in [3.8, 4) is 17.2 Å². The standard InChI is InChI=1S/C24H33N3O3.C21H26N2O2.C19H24N2O.C4H11NO.C4H10N.ClH.Na.H2O/c1-4-16-11-15-12-20-22(16)26(14-15)8-7-18-19-13-17(28)5-6-21(19)27(23(18)20)24(29)30-10-9-25(2)3;1-3-14-8-13-9-18-20-16(6-7-23(11-13)21(14)18)17-10-15(25-12(2)24)4-5-19(17)22-20;1-2-12-7-11-8-16-18-14(5-6-21(10-11)19(12)16)15-9-13(22)3-4-17(15)20-18;1-5(2)3-4-6;1-4-5(2)3;;;/h5-6,13,15-16,20,22,28H,4,7-12,14H2,1-3H3;4-5,10,13-14,18,21-22H,3,6-9,11H2,1-2H3;3-4,9,11-12,16,19-20,22H,2,5-8,10H2,1H3;6H,3-4H2,1-2H3;1,4H2,2-3H3;1H;;1H2/q;;;;-1;;+1;/p-1/t15-,16-,20+,22?;13-,14-,18-,21?;11-,12-,16-,19?;;;;;/m000...../s1. The van der Waals surface area contributed by atoms with E-state index in [2.05, 4.69) is 58.4 Å². The Kier molecular flexibility index (Phi) is 25.2. The molecule has 0 spiro atoms. The maximum atomic E-state index is 13.3. The fourth-order valence-corrected chi connectivity index (χ4v) is 18.2. The Bertz CT molecular complexity index is 3400. The number of likely N-dealkylation sites (N-methyl/N-ethyl adjacent to an activating group) is 2. The van der Waals surface area contributed by atoms with E-state index in [4.69, 9.17) is 14.6 Å². The number of halogens is 1. The average molecular weight is 1280 g/mol. The zero-order valence-electron chi connectivity index (χ0n) is 56.6. The van der Waals surface area contributed by atoms with E-state index < -0.39 is 0 Å². The molecule has 3 aromatic carbocycles. The molecule has 3 aromatic heterocycles. The number of H-pyrrole nitrogens is 2. The normalized spacial score (nSPS) is 28.9. The van der Waals surface area contributed by atoms with Gasteiger partial charge in [-0.1, -0.05) is 40.0 Å². The van der Waals surface area contributed by atoms with Gasteiger partial charge in [-0.15, -0.1) is 19.0 Å². The molecule has 15 atom stereocenters. The van der Waals surface area contributed by atoms with Gasteiger partial charge in [-0.25, -0.2) is 9.36 Å². The van der Waals surface area contributed by atoms with E-state index in [1.54, 1.807) is 12.1 Å². The second-order valence-corrected chi connectivity index (χ2v) is 28.3. The largest absolute Gasteiger partial charge is 1.00 e. The van der Waals surface area contributed by atoms with E-state index in [0.29, 0.717) is 66.3 Å². The van der Waals surface area contributed by atoms with Crippen LogP contribution < -0.4 is 34.3 Å². The maximum absolute atomic E-state index is 13.3. The fraction of sp³-hybridized carbons (Fsp3) is 0.625. The number of phenolic OH excluding ortho intramolecular Hbond substituents is 2. The van der Waals surface area contributed by atoms with Crippen LogP contribution in [0.4, 0.5) is 4.79 Å². The molecule has 6 unspecified atom stereocenters. The third-order valence-electron chi connectivity index (χ3n) is 21.8. The van der Waals surface area contributed by atoms with Crippen molar-refractivity contribution in [2.24, 2.45) is 35.5 Å². The number of aliphatic hydroxyl groups is 1. The number of esters is 1. The third-order valence-corrected chi connectivity index (χ3v) is 21.8. The van der Waals surface area contributed by atoms with Crippen LogP contribution in [0.25, 0.3) is 32.7 Å². The van der Waals surface area contributed by atoms with Crippen molar-refractivity contribution in [3.63, 3.8) is 0 Å². The molecule has 0 radical (unpaired) electrons. The maximum Gasteiger partial charge on any atom is 1.00 e. The van der Waals surface area contributed by atoms with Crippen LogP contribution in [0, 0.1) is 42.4 Å². The Hall–Kier alpha value is -4.21. The molecule has 9 fully saturated rings. The first-order chi connectivity index (χ1) is 42.4. The van der Waals surface area contributed by atoms with Crippen molar-refractivity contribution < 1.29 is 69.4 Å². The number of carbonyl (C=O) groups excluding carboxylic acids is 2. The van der Waals surface area contributed by atoms with E-state index in [1.165, 1.54) is 134 Å². The molecule has 0 amide bonds. The van der Waals surface area contributed by atoms with Gasteiger partial charge in [0.05, 0.1) is 12.1 Å². The summed E-state index contributed by atoms with van der Waals surface area (Å²) in [6.07, 6.45) is 14.6. The number of aromatic hydroxyl groups is 2. The molecule has 9 aliphatic heterocycles. The number of ether oxygens (including phenoxy) is 2. The summed E-state index contributed by atoms with van der Waals surface area (Å²) in [4.78, 5) is 46.3. The zero-order chi connectivity index (χ0) is 62.2. The summed E-state index contributed by atoms with van der Waals surface area (Å²) >= 11 is 0. The number of rotatable bonds is 10. The van der Waals surface area contributed by atoms with Crippen molar-refractivity contribution in [1.29, 1.82) is 0 Å². The number of benzene rings is 3. The SMILES string of the molecule is CC[C@H]1C[C@H]2C[C@H]3c4[nH]c5ccc(O)cc5c4CCN(C2)C13.CC[C@H]1C[C@H]2C[C@H]3c4[nH]c5ccc(OC(C)=O)cc5c4CCN(C2)C13.CC[C@H]1C[C@H]2C[C@H]3c4c(c5cc(O)ccc5n4C(=O)OCCN(C)C)CCN(C2)C13.CN(C)CCO.Cl.[CH2-]CN(C)C.[Na+].[OH-]. The first-order valence-electron chi connectivity index (χ1n) is 33.7. The minimum Gasteiger partial charge on any atom is -0.870 e. The predicted molar refractivity (Wildman–Crippen MR) is 362 cm³/mol. The van der Waals surface area contributed by atoms with Crippen molar-refractivity contribution in [1.82, 2.24) is 43.9 Å². The number of fused-ring (bicyclic) bond motifs is 12. The van der Waals surface area contributed by atoms with E-state index in [0.717, 1.165) is 98.2 Å². The van der Waals surface area contributed by atoms with E-state index >= 15 is 0 Å². The van der Waals surface area contributed by atoms with Crippen LogP contribution in [0.1, 0.15) is 137 Å². The Balaban J connectivity index is 0.000000161. The van der Waals surface area contributed by atoms with Gasteiger partial charge in [0.15, 0.2) is 0 Å². The second kappa shape index (κ2) is 31.6.